The second-order valence-corrected chi connectivity index (χ2v) is 3.49. The van der Waals surface area contributed by atoms with Gasteiger partial charge in [-0.05, 0) is 19.1 Å². The zero-order valence-corrected chi connectivity index (χ0v) is 8.69. The smallest absolute Gasteiger partial charge is 0.371 e. The van der Waals surface area contributed by atoms with Crippen molar-refractivity contribution in [2.24, 2.45) is 0 Å². The van der Waals surface area contributed by atoms with Crippen molar-refractivity contribution in [3.05, 3.63) is 23.7 Å². The first-order valence-corrected chi connectivity index (χ1v) is 4.52. The van der Waals surface area contributed by atoms with Crippen LogP contribution in [-0.4, -0.2) is 29.9 Å². The standard InChI is InChI=1S/C10H14O5/c1-10(13,5-6-14-2)8-4-3-7(15-8)9(11)12/h3-4,13H,5-6H2,1-2H3,(H,11,12). The molecule has 0 fully saturated rings. The van der Waals surface area contributed by atoms with E-state index in [1.807, 2.05) is 0 Å². The van der Waals surface area contributed by atoms with Gasteiger partial charge in [0.15, 0.2) is 0 Å². The number of furan rings is 1. The largest absolute Gasteiger partial charge is 0.475 e. The molecule has 2 N–H and O–H groups in total. The minimum absolute atomic E-state index is 0.178. The SMILES string of the molecule is COCCC(C)(O)c1ccc(C(=O)O)o1. The fraction of sp³-hybridized carbons (Fsp3) is 0.500. The van der Waals surface area contributed by atoms with Gasteiger partial charge in [-0.25, -0.2) is 4.79 Å². The third kappa shape index (κ3) is 2.81. The molecule has 0 spiro atoms. The first-order chi connectivity index (χ1) is 6.97. The Kier molecular flexibility index (Phi) is 3.49. The van der Waals surface area contributed by atoms with Crippen molar-refractivity contribution in [1.29, 1.82) is 0 Å². The highest BCUT2D eigenvalue weighted by Crippen LogP contribution is 2.26. The normalized spacial score (nSPS) is 14.9. The quantitative estimate of drug-likeness (QED) is 0.770. The summed E-state index contributed by atoms with van der Waals surface area (Å²) in [5.41, 5.74) is -1.20. The van der Waals surface area contributed by atoms with Crippen LogP contribution in [-0.2, 0) is 10.3 Å². The van der Waals surface area contributed by atoms with Gasteiger partial charge < -0.3 is 19.4 Å². The molecule has 1 unspecified atom stereocenters. The molecule has 0 saturated heterocycles. The molecule has 1 aromatic rings. The van der Waals surface area contributed by atoms with Crippen LogP contribution >= 0.6 is 0 Å². The molecular formula is C10H14O5. The van der Waals surface area contributed by atoms with Crippen molar-refractivity contribution >= 4 is 5.97 Å². The lowest BCUT2D eigenvalue weighted by atomic mass is 10.0. The van der Waals surface area contributed by atoms with Crippen molar-refractivity contribution in [3.8, 4) is 0 Å². The highest BCUT2D eigenvalue weighted by atomic mass is 16.5. The lowest BCUT2D eigenvalue weighted by molar-refractivity contribution is 0.00171. The number of carboxylic acid groups (broad SMARTS) is 1. The molecule has 0 saturated carbocycles. The minimum Gasteiger partial charge on any atom is -0.475 e. The monoisotopic (exact) mass is 214 g/mol. The zero-order valence-electron chi connectivity index (χ0n) is 8.69. The highest BCUT2D eigenvalue weighted by molar-refractivity contribution is 5.84. The maximum absolute atomic E-state index is 10.6. The number of carboxylic acids is 1. The van der Waals surface area contributed by atoms with E-state index in [4.69, 9.17) is 14.3 Å². The van der Waals surface area contributed by atoms with Crippen LogP contribution in [0.5, 0.6) is 0 Å². The van der Waals surface area contributed by atoms with E-state index in [2.05, 4.69) is 0 Å². The third-order valence-corrected chi connectivity index (χ3v) is 2.14. The first-order valence-electron chi connectivity index (χ1n) is 4.52. The fourth-order valence-corrected chi connectivity index (χ4v) is 1.17. The van der Waals surface area contributed by atoms with Crippen molar-refractivity contribution in [1.82, 2.24) is 0 Å². The predicted molar refractivity (Wildman–Crippen MR) is 51.7 cm³/mol. The summed E-state index contributed by atoms with van der Waals surface area (Å²) in [6, 6.07) is 2.78. The van der Waals surface area contributed by atoms with Gasteiger partial charge in [0.25, 0.3) is 0 Å². The van der Waals surface area contributed by atoms with E-state index < -0.39 is 11.6 Å². The average Bonchev–Trinajstić information content (AvgIpc) is 2.64. The summed E-state index contributed by atoms with van der Waals surface area (Å²) in [5, 5.41) is 18.6. The molecule has 0 aromatic carbocycles. The summed E-state index contributed by atoms with van der Waals surface area (Å²) in [6.45, 7) is 1.92. The number of hydrogen-bond donors (Lipinski definition) is 2. The Morgan fingerprint density at radius 3 is 2.73 bits per heavy atom. The van der Waals surface area contributed by atoms with Crippen LogP contribution in [0.1, 0.15) is 29.7 Å². The molecule has 5 heteroatoms. The Hall–Kier alpha value is -1.33. The van der Waals surface area contributed by atoms with Gasteiger partial charge in [-0.1, -0.05) is 0 Å². The topological polar surface area (TPSA) is 79.9 Å². The van der Waals surface area contributed by atoms with Crippen LogP contribution in [0.2, 0.25) is 0 Å². The van der Waals surface area contributed by atoms with E-state index in [1.54, 1.807) is 6.92 Å². The van der Waals surface area contributed by atoms with Gasteiger partial charge in [0.2, 0.25) is 5.76 Å². The molecule has 0 amide bonds. The lowest BCUT2D eigenvalue weighted by Gasteiger charge is -2.19. The molecule has 1 aromatic heterocycles. The van der Waals surface area contributed by atoms with E-state index >= 15 is 0 Å². The van der Waals surface area contributed by atoms with Gasteiger partial charge in [-0.2, -0.15) is 0 Å². The van der Waals surface area contributed by atoms with Crippen LogP contribution < -0.4 is 0 Å². The highest BCUT2D eigenvalue weighted by Gasteiger charge is 2.27. The summed E-state index contributed by atoms with van der Waals surface area (Å²) in [5.74, 6) is -1.09. The van der Waals surface area contributed by atoms with Gasteiger partial charge >= 0.3 is 5.97 Å². The Bertz CT molecular complexity index is 339. The molecule has 1 heterocycles. The Labute approximate surface area is 87.3 Å². The first kappa shape index (κ1) is 11.7. The second kappa shape index (κ2) is 4.46. The summed E-state index contributed by atoms with van der Waals surface area (Å²) in [7, 11) is 1.53. The maximum Gasteiger partial charge on any atom is 0.371 e. The molecule has 84 valence electrons. The molecule has 0 radical (unpaired) electrons. The molecule has 5 nitrogen and oxygen atoms in total. The summed E-state index contributed by atoms with van der Waals surface area (Å²) in [6.07, 6.45) is 0.343. The third-order valence-electron chi connectivity index (χ3n) is 2.14. The molecule has 0 bridgehead atoms. The van der Waals surface area contributed by atoms with E-state index in [9.17, 15) is 9.90 Å². The number of aromatic carboxylic acids is 1. The molecule has 0 aliphatic heterocycles. The number of rotatable bonds is 5. The van der Waals surface area contributed by atoms with Crippen LogP contribution in [0.15, 0.2) is 16.5 Å². The van der Waals surface area contributed by atoms with Crippen molar-refractivity contribution < 1.29 is 24.2 Å². The number of ether oxygens (including phenoxy) is 1. The van der Waals surface area contributed by atoms with Crippen LogP contribution in [0.3, 0.4) is 0 Å². The minimum atomic E-state index is -1.20. The Morgan fingerprint density at radius 2 is 2.27 bits per heavy atom. The maximum atomic E-state index is 10.6. The average molecular weight is 214 g/mol. The van der Waals surface area contributed by atoms with E-state index in [0.29, 0.717) is 13.0 Å². The molecule has 15 heavy (non-hydrogen) atoms. The molecule has 0 aliphatic carbocycles. The van der Waals surface area contributed by atoms with E-state index in [-0.39, 0.29) is 11.5 Å². The summed E-state index contributed by atoms with van der Waals surface area (Å²) < 4.78 is 9.84. The van der Waals surface area contributed by atoms with Crippen molar-refractivity contribution in [2.45, 2.75) is 18.9 Å². The van der Waals surface area contributed by atoms with Crippen LogP contribution in [0.25, 0.3) is 0 Å². The van der Waals surface area contributed by atoms with E-state index in [1.165, 1.54) is 19.2 Å². The van der Waals surface area contributed by atoms with Crippen molar-refractivity contribution in [2.75, 3.05) is 13.7 Å². The lowest BCUT2D eigenvalue weighted by Crippen LogP contribution is -2.22. The number of carbonyl (C=O) groups is 1. The van der Waals surface area contributed by atoms with Gasteiger partial charge in [0.05, 0.1) is 0 Å². The van der Waals surface area contributed by atoms with Crippen LogP contribution in [0, 0.1) is 0 Å². The number of aliphatic hydroxyl groups is 1. The van der Waals surface area contributed by atoms with Crippen LogP contribution in [0.4, 0.5) is 0 Å². The second-order valence-electron chi connectivity index (χ2n) is 3.49. The molecular weight excluding hydrogens is 200 g/mol. The fourth-order valence-electron chi connectivity index (χ4n) is 1.17. The Morgan fingerprint density at radius 1 is 1.60 bits per heavy atom. The van der Waals surface area contributed by atoms with Gasteiger partial charge in [0, 0.05) is 20.1 Å². The Balaban J connectivity index is 2.80. The predicted octanol–water partition coefficient (Wildman–Crippen LogP) is 1.22. The molecule has 1 atom stereocenters. The molecule has 1 rings (SSSR count). The molecule has 0 aliphatic rings. The number of methoxy groups -OCH3 is 1. The van der Waals surface area contributed by atoms with E-state index in [0.717, 1.165) is 0 Å². The zero-order chi connectivity index (χ0) is 11.5. The summed E-state index contributed by atoms with van der Waals surface area (Å²) in [4.78, 5) is 10.6. The van der Waals surface area contributed by atoms with Gasteiger partial charge in [-0.15, -0.1) is 0 Å². The summed E-state index contributed by atoms with van der Waals surface area (Å²) >= 11 is 0. The van der Waals surface area contributed by atoms with Gasteiger partial charge in [0.1, 0.15) is 11.4 Å². The van der Waals surface area contributed by atoms with Crippen molar-refractivity contribution in [3.63, 3.8) is 0 Å². The number of hydrogen-bond acceptors (Lipinski definition) is 4. The van der Waals surface area contributed by atoms with Gasteiger partial charge in [-0.3, -0.25) is 0 Å².